The summed E-state index contributed by atoms with van der Waals surface area (Å²) in [5.74, 6) is 0.0642. The Morgan fingerprint density at radius 3 is 2.83 bits per heavy atom. The molecular formula is C5H4ClN5O. The smallest absolute Gasteiger partial charge is 0.322 e. The Hall–Kier alpha value is -1.61. The molecule has 12 heavy (non-hydrogen) atoms. The van der Waals surface area contributed by atoms with Crippen LogP contribution >= 0.6 is 11.6 Å². The maximum absolute atomic E-state index is 8.23. The fraction of sp³-hybridized carbons (Fsp3) is 0.200. The Morgan fingerprint density at radius 1 is 1.50 bits per heavy atom. The minimum atomic E-state index is -0.0281. The molecule has 0 spiro atoms. The number of nitrogens with zero attached hydrogens (tertiary/aromatic N) is 4. The van der Waals surface area contributed by atoms with Gasteiger partial charge in [0.25, 0.3) is 0 Å². The van der Waals surface area contributed by atoms with Crippen molar-refractivity contribution in [3.05, 3.63) is 5.28 Å². The zero-order chi connectivity index (χ0) is 8.97. The van der Waals surface area contributed by atoms with Gasteiger partial charge >= 0.3 is 6.01 Å². The summed E-state index contributed by atoms with van der Waals surface area (Å²) >= 11 is 5.47. The Morgan fingerprint density at radius 2 is 2.25 bits per heavy atom. The van der Waals surface area contributed by atoms with Crippen LogP contribution in [0.15, 0.2) is 0 Å². The van der Waals surface area contributed by atoms with Gasteiger partial charge in [-0.2, -0.15) is 20.2 Å². The molecule has 0 saturated heterocycles. The van der Waals surface area contributed by atoms with E-state index in [-0.39, 0.29) is 17.2 Å². The van der Waals surface area contributed by atoms with Crippen molar-refractivity contribution in [2.24, 2.45) is 0 Å². The predicted molar refractivity (Wildman–Crippen MR) is 40.6 cm³/mol. The lowest BCUT2D eigenvalue weighted by atomic mass is 10.9. The number of methoxy groups -OCH3 is 1. The molecule has 6 nitrogen and oxygen atoms in total. The van der Waals surface area contributed by atoms with Crippen LogP contribution in [-0.2, 0) is 0 Å². The average Bonchev–Trinajstić information content (AvgIpc) is 2.04. The Labute approximate surface area is 73.2 Å². The van der Waals surface area contributed by atoms with Crippen LogP contribution in [0.1, 0.15) is 0 Å². The summed E-state index contributed by atoms with van der Waals surface area (Å²) in [5.41, 5.74) is 0. The highest BCUT2D eigenvalue weighted by Crippen LogP contribution is 2.09. The van der Waals surface area contributed by atoms with Gasteiger partial charge in [0.15, 0.2) is 6.19 Å². The van der Waals surface area contributed by atoms with Gasteiger partial charge in [0.2, 0.25) is 11.2 Å². The summed E-state index contributed by atoms with van der Waals surface area (Å²) in [6, 6.07) is 0.0627. The monoisotopic (exact) mass is 185 g/mol. The summed E-state index contributed by atoms with van der Waals surface area (Å²) in [6.45, 7) is 0. The van der Waals surface area contributed by atoms with Crippen molar-refractivity contribution in [3.8, 4) is 12.2 Å². The molecule has 1 heterocycles. The zero-order valence-corrected chi connectivity index (χ0v) is 6.83. The summed E-state index contributed by atoms with van der Waals surface area (Å²) in [5, 5.41) is 10.4. The van der Waals surface area contributed by atoms with Crippen molar-refractivity contribution >= 4 is 17.5 Å². The maximum atomic E-state index is 8.23. The lowest BCUT2D eigenvalue weighted by molar-refractivity contribution is 0.379. The normalized spacial score (nSPS) is 8.75. The summed E-state index contributed by atoms with van der Waals surface area (Å²) in [6.07, 6.45) is 1.65. The highest BCUT2D eigenvalue weighted by Gasteiger charge is 2.02. The summed E-state index contributed by atoms with van der Waals surface area (Å²) < 4.78 is 4.69. The van der Waals surface area contributed by atoms with E-state index in [1.54, 1.807) is 6.19 Å². The molecular weight excluding hydrogens is 182 g/mol. The molecule has 0 aliphatic carbocycles. The fourth-order valence-corrected chi connectivity index (χ4v) is 0.681. The first-order valence-corrected chi connectivity index (χ1v) is 3.24. The molecule has 0 radical (unpaired) electrons. The van der Waals surface area contributed by atoms with Gasteiger partial charge in [-0.05, 0) is 11.6 Å². The first-order chi connectivity index (χ1) is 5.76. The van der Waals surface area contributed by atoms with Gasteiger partial charge in [-0.25, -0.2) is 0 Å². The molecule has 0 aliphatic heterocycles. The molecule has 0 unspecified atom stereocenters. The first-order valence-electron chi connectivity index (χ1n) is 2.87. The summed E-state index contributed by atoms with van der Waals surface area (Å²) in [4.78, 5) is 10.9. The number of nitriles is 1. The van der Waals surface area contributed by atoms with Crippen LogP contribution in [0.4, 0.5) is 5.95 Å². The van der Waals surface area contributed by atoms with Crippen molar-refractivity contribution in [1.82, 2.24) is 15.0 Å². The van der Waals surface area contributed by atoms with E-state index < -0.39 is 0 Å². The lowest BCUT2D eigenvalue weighted by Crippen LogP contribution is -2.00. The van der Waals surface area contributed by atoms with E-state index in [1.807, 2.05) is 0 Å². The number of aromatic nitrogens is 3. The van der Waals surface area contributed by atoms with Crippen LogP contribution < -0.4 is 10.1 Å². The molecule has 0 saturated carbocycles. The third-order valence-electron chi connectivity index (χ3n) is 0.938. The van der Waals surface area contributed by atoms with Crippen molar-refractivity contribution in [3.63, 3.8) is 0 Å². The standard InChI is InChI=1S/C5H4ClN5O/c1-12-5-10-3(6)9-4(11-5)8-2-7/h1H3,(H,8,9,10,11). The van der Waals surface area contributed by atoms with Crippen LogP contribution in [0.25, 0.3) is 0 Å². The van der Waals surface area contributed by atoms with E-state index in [0.29, 0.717) is 0 Å². The minimum absolute atomic E-state index is 0.0281. The molecule has 0 aliphatic rings. The highest BCUT2D eigenvalue weighted by atomic mass is 35.5. The van der Waals surface area contributed by atoms with Crippen LogP contribution in [0.5, 0.6) is 6.01 Å². The molecule has 1 aromatic heterocycles. The second-order valence-corrected chi connectivity index (χ2v) is 1.99. The lowest BCUT2D eigenvalue weighted by Gasteiger charge is -1.98. The average molecular weight is 186 g/mol. The third kappa shape index (κ3) is 1.93. The van der Waals surface area contributed by atoms with E-state index in [1.165, 1.54) is 7.11 Å². The molecule has 7 heteroatoms. The van der Waals surface area contributed by atoms with Gasteiger partial charge in [0, 0.05) is 0 Å². The predicted octanol–water partition coefficient (Wildman–Crippen LogP) is 0.427. The second-order valence-electron chi connectivity index (χ2n) is 1.65. The first kappa shape index (κ1) is 8.49. The molecule has 0 aromatic carbocycles. The van der Waals surface area contributed by atoms with E-state index in [4.69, 9.17) is 16.9 Å². The highest BCUT2D eigenvalue weighted by molar-refractivity contribution is 6.28. The molecule has 0 amide bonds. The van der Waals surface area contributed by atoms with Crippen LogP contribution in [0.2, 0.25) is 5.28 Å². The molecule has 1 aromatic rings. The van der Waals surface area contributed by atoms with Crippen LogP contribution in [0.3, 0.4) is 0 Å². The third-order valence-corrected chi connectivity index (χ3v) is 1.11. The SMILES string of the molecule is COc1nc(Cl)nc(NC#N)n1. The van der Waals surface area contributed by atoms with E-state index >= 15 is 0 Å². The number of hydrogen-bond acceptors (Lipinski definition) is 6. The summed E-state index contributed by atoms with van der Waals surface area (Å²) in [7, 11) is 1.39. The molecule has 1 rings (SSSR count). The molecule has 0 bridgehead atoms. The van der Waals surface area contributed by atoms with Gasteiger partial charge in [0.05, 0.1) is 7.11 Å². The topological polar surface area (TPSA) is 83.7 Å². The van der Waals surface area contributed by atoms with E-state index in [2.05, 4.69) is 25.0 Å². The number of nitrogens with one attached hydrogen (secondary N) is 1. The number of rotatable bonds is 2. The van der Waals surface area contributed by atoms with Crippen molar-refractivity contribution in [2.75, 3.05) is 12.4 Å². The molecule has 0 fully saturated rings. The number of ether oxygens (including phenoxy) is 1. The Bertz CT molecular complexity index is 322. The van der Waals surface area contributed by atoms with Crippen LogP contribution in [0, 0.1) is 11.5 Å². The van der Waals surface area contributed by atoms with Gasteiger partial charge in [-0.1, -0.05) is 0 Å². The number of anilines is 1. The van der Waals surface area contributed by atoms with Crippen molar-refractivity contribution < 1.29 is 4.74 Å². The van der Waals surface area contributed by atoms with Crippen molar-refractivity contribution in [2.45, 2.75) is 0 Å². The van der Waals surface area contributed by atoms with Crippen molar-refractivity contribution in [1.29, 1.82) is 5.26 Å². The van der Waals surface area contributed by atoms with Gasteiger partial charge in [-0.15, -0.1) is 0 Å². The van der Waals surface area contributed by atoms with E-state index in [0.717, 1.165) is 0 Å². The Balaban J connectivity index is 2.99. The second kappa shape index (κ2) is 3.69. The van der Waals surface area contributed by atoms with Gasteiger partial charge in [-0.3, -0.25) is 5.32 Å². The quantitative estimate of drug-likeness (QED) is 0.531. The molecule has 62 valence electrons. The molecule has 0 atom stereocenters. The van der Waals surface area contributed by atoms with Gasteiger partial charge < -0.3 is 4.74 Å². The molecule has 1 N–H and O–H groups in total. The Kier molecular flexibility index (Phi) is 2.61. The van der Waals surface area contributed by atoms with Crippen LogP contribution in [-0.4, -0.2) is 22.1 Å². The largest absolute Gasteiger partial charge is 0.467 e. The number of halogens is 1. The fourth-order valence-electron chi connectivity index (χ4n) is 0.529. The zero-order valence-electron chi connectivity index (χ0n) is 6.08. The minimum Gasteiger partial charge on any atom is -0.467 e. The van der Waals surface area contributed by atoms with Gasteiger partial charge in [0.1, 0.15) is 0 Å². The maximum Gasteiger partial charge on any atom is 0.322 e. The number of hydrogen-bond donors (Lipinski definition) is 1. The van der Waals surface area contributed by atoms with E-state index in [9.17, 15) is 0 Å².